The van der Waals surface area contributed by atoms with E-state index in [0.717, 1.165) is 0 Å². The minimum atomic E-state index is -0.00653. The Morgan fingerprint density at radius 3 is 2.76 bits per heavy atom. The maximum Gasteiger partial charge on any atom is 0.322 e. The first-order valence-corrected chi connectivity index (χ1v) is 5.60. The summed E-state index contributed by atoms with van der Waals surface area (Å²) in [4.78, 5) is 13.7. The molecule has 0 aliphatic carbocycles. The molecular formula is C10H14ClN5O. The molecular weight excluding hydrogens is 242 g/mol. The summed E-state index contributed by atoms with van der Waals surface area (Å²) in [6, 6.07) is 2.28. The summed E-state index contributed by atoms with van der Waals surface area (Å²) in [5, 5.41) is 8.72. The number of nitrogens with zero attached hydrogens (tertiary/aromatic N) is 5. The van der Waals surface area contributed by atoms with Crippen LogP contribution in [0, 0.1) is 11.3 Å². The molecule has 6 nitrogen and oxygen atoms in total. The molecule has 0 aliphatic heterocycles. The van der Waals surface area contributed by atoms with Gasteiger partial charge in [-0.25, -0.2) is 0 Å². The van der Waals surface area contributed by atoms with E-state index >= 15 is 0 Å². The molecule has 0 saturated carbocycles. The topological polar surface area (TPSA) is 74.9 Å². The molecule has 0 fully saturated rings. The summed E-state index contributed by atoms with van der Waals surface area (Å²) < 4.78 is 5.18. The summed E-state index contributed by atoms with van der Waals surface area (Å²) in [6.07, 6.45) is 0.379. The molecule has 0 aromatic carbocycles. The molecule has 92 valence electrons. The van der Waals surface area contributed by atoms with Crippen LogP contribution >= 0.6 is 11.6 Å². The lowest BCUT2D eigenvalue weighted by Gasteiger charge is -2.22. The van der Waals surface area contributed by atoms with E-state index in [0.29, 0.717) is 19.0 Å². The third-order valence-electron chi connectivity index (χ3n) is 2.21. The van der Waals surface area contributed by atoms with Gasteiger partial charge >= 0.3 is 6.01 Å². The lowest BCUT2D eigenvalue weighted by atomic mass is 10.2. The van der Waals surface area contributed by atoms with E-state index in [1.807, 2.05) is 13.8 Å². The van der Waals surface area contributed by atoms with Gasteiger partial charge in [0.25, 0.3) is 0 Å². The van der Waals surface area contributed by atoms with Crippen molar-refractivity contribution < 1.29 is 4.74 Å². The van der Waals surface area contributed by atoms with Crippen LogP contribution in [0.3, 0.4) is 0 Å². The predicted octanol–water partition coefficient (Wildman–Crippen LogP) is 1.66. The van der Waals surface area contributed by atoms with E-state index in [4.69, 9.17) is 21.6 Å². The molecule has 1 aromatic rings. The predicted molar refractivity (Wildman–Crippen MR) is 64.1 cm³/mol. The number of anilines is 1. The van der Waals surface area contributed by atoms with Crippen LogP contribution in [-0.4, -0.2) is 34.6 Å². The lowest BCUT2D eigenvalue weighted by molar-refractivity contribution is 0.311. The molecule has 0 radical (unpaired) electrons. The molecule has 1 atom stereocenters. The van der Waals surface area contributed by atoms with Crippen molar-refractivity contribution >= 4 is 17.5 Å². The molecule has 0 spiro atoms. The first-order valence-electron chi connectivity index (χ1n) is 5.22. The summed E-state index contributed by atoms with van der Waals surface area (Å²) in [6.45, 7) is 4.19. The van der Waals surface area contributed by atoms with E-state index in [9.17, 15) is 0 Å². The van der Waals surface area contributed by atoms with Crippen LogP contribution in [0.25, 0.3) is 0 Å². The molecule has 0 saturated heterocycles. The van der Waals surface area contributed by atoms with E-state index in [1.165, 1.54) is 0 Å². The van der Waals surface area contributed by atoms with Crippen molar-refractivity contribution in [1.29, 1.82) is 5.26 Å². The van der Waals surface area contributed by atoms with Crippen LogP contribution in [-0.2, 0) is 0 Å². The molecule has 1 rings (SSSR count). The highest BCUT2D eigenvalue weighted by molar-refractivity contribution is 6.28. The van der Waals surface area contributed by atoms with Gasteiger partial charge in [-0.05, 0) is 25.4 Å². The van der Waals surface area contributed by atoms with Gasteiger partial charge in [-0.1, -0.05) is 0 Å². The smallest absolute Gasteiger partial charge is 0.322 e. The SMILES string of the molecule is CCOc1nc(Cl)nc(N(C)C(C)CC#N)n1. The summed E-state index contributed by atoms with van der Waals surface area (Å²) in [5.74, 6) is 0.399. The Morgan fingerprint density at radius 1 is 1.47 bits per heavy atom. The third-order valence-corrected chi connectivity index (χ3v) is 2.38. The average molecular weight is 256 g/mol. The first-order chi connectivity index (χ1) is 8.08. The molecule has 17 heavy (non-hydrogen) atoms. The van der Waals surface area contributed by atoms with Crippen molar-refractivity contribution in [2.75, 3.05) is 18.6 Å². The zero-order valence-corrected chi connectivity index (χ0v) is 10.8. The van der Waals surface area contributed by atoms with E-state index in [1.54, 1.807) is 11.9 Å². The summed E-state index contributed by atoms with van der Waals surface area (Å²) in [7, 11) is 1.80. The van der Waals surface area contributed by atoms with E-state index in [2.05, 4.69) is 21.0 Å². The Hall–Kier alpha value is -1.61. The molecule has 1 unspecified atom stereocenters. The number of hydrogen-bond acceptors (Lipinski definition) is 6. The highest BCUT2D eigenvalue weighted by Crippen LogP contribution is 2.16. The van der Waals surface area contributed by atoms with E-state index < -0.39 is 0 Å². The largest absolute Gasteiger partial charge is 0.464 e. The van der Waals surface area contributed by atoms with Gasteiger partial charge in [-0.2, -0.15) is 20.2 Å². The van der Waals surface area contributed by atoms with Crippen molar-refractivity contribution in [1.82, 2.24) is 15.0 Å². The van der Waals surface area contributed by atoms with Crippen molar-refractivity contribution in [3.8, 4) is 12.1 Å². The Balaban J connectivity index is 2.93. The lowest BCUT2D eigenvalue weighted by Crippen LogP contribution is -2.30. The summed E-state index contributed by atoms with van der Waals surface area (Å²) >= 11 is 5.78. The number of aromatic nitrogens is 3. The molecule has 0 amide bonds. The number of halogens is 1. The van der Waals surface area contributed by atoms with Gasteiger partial charge in [0.1, 0.15) is 0 Å². The average Bonchev–Trinajstić information content (AvgIpc) is 2.28. The van der Waals surface area contributed by atoms with Crippen LogP contribution in [0.1, 0.15) is 20.3 Å². The zero-order chi connectivity index (χ0) is 12.8. The third kappa shape index (κ3) is 3.71. The van der Waals surface area contributed by atoms with Crippen LogP contribution in [0.4, 0.5) is 5.95 Å². The maximum absolute atomic E-state index is 8.65. The summed E-state index contributed by atoms with van der Waals surface area (Å²) in [5.41, 5.74) is 0. The van der Waals surface area contributed by atoms with Crippen LogP contribution in [0.15, 0.2) is 0 Å². The fourth-order valence-corrected chi connectivity index (χ4v) is 1.29. The number of rotatable bonds is 5. The fraction of sp³-hybridized carbons (Fsp3) is 0.600. The van der Waals surface area contributed by atoms with Gasteiger partial charge in [0.2, 0.25) is 11.2 Å². The maximum atomic E-state index is 8.65. The van der Waals surface area contributed by atoms with Gasteiger partial charge in [0.05, 0.1) is 19.1 Å². The van der Waals surface area contributed by atoms with Gasteiger partial charge in [-0.3, -0.25) is 0 Å². The van der Waals surface area contributed by atoms with Gasteiger partial charge in [0, 0.05) is 13.1 Å². The van der Waals surface area contributed by atoms with Crippen molar-refractivity contribution in [2.24, 2.45) is 0 Å². The Labute approximate surface area is 105 Å². The standard InChI is InChI=1S/C10H14ClN5O/c1-4-17-10-14-8(11)13-9(15-10)16(3)7(2)5-6-12/h7H,4-5H2,1-3H3. The van der Waals surface area contributed by atoms with Crippen LogP contribution in [0.2, 0.25) is 5.28 Å². The highest BCUT2D eigenvalue weighted by Gasteiger charge is 2.15. The Bertz CT molecular complexity index is 420. The van der Waals surface area contributed by atoms with Crippen molar-refractivity contribution in [3.63, 3.8) is 0 Å². The Kier molecular flexibility index (Phi) is 4.91. The number of ether oxygens (including phenoxy) is 1. The Morgan fingerprint density at radius 2 is 2.18 bits per heavy atom. The van der Waals surface area contributed by atoms with Gasteiger partial charge < -0.3 is 9.64 Å². The second kappa shape index (κ2) is 6.21. The molecule has 1 heterocycles. The second-order valence-corrected chi connectivity index (χ2v) is 3.78. The second-order valence-electron chi connectivity index (χ2n) is 3.44. The van der Waals surface area contributed by atoms with Crippen LogP contribution < -0.4 is 9.64 Å². The van der Waals surface area contributed by atoms with Gasteiger partial charge in [-0.15, -0.1) is 0 Å². The highest BCUT2D eigenvalue weighted by atomic mass is 35.5. The minimum absolute atomic E-state index is 0.00653. The quantitative estimate of drug-likeness (QED) is 0.797. The minimum Gasteiger partial charge on any atom is -0.464 e. The molecule has 1 aromatic heterocycles. The fourth-order valence-electron chi connectivity index (χ4n) is 1.14. The van der Waals surface area contributed by atoms with Crippen LogP contribution in [0.5, 0.6) is 6.01 Å². The monoisotopic (exact) mass is 255 g/mol. The van der Waals surface area contributed by atoms with Gasteiger partial charge in [0.15, 0.2) is 0 Å². The van der Waals surface area contributed by atoms with E-state index in [-0.39, 0.29) is 17.3 Å². The number of nitriles is 1. The number of hydrogen-bond donors (Lipinski definition) is 0. The molecule has 0 bridgehead atoms. The molecule has 7 heteroatoms. The zero-order valence-electron chi connectivity index (χ0n) is 10.0. The normalized spacial score (nSPS) is 11.7. The van der Waals surface area contributed by atoms with Crippen molar-refractivity contribution in [3.05, 3.63) is 5.28 Å². The first kappa shape index (κ1) is 13.5. The van der Waals surface area contributed by atoms with Crippen molar-refractivity contribution in [2.45, 2.75) is 26.3 Å². The molecule has 0 aliphatic rings. The molecule has 0 N–H and O–H groups in total.